The number of carboxylic acid groups (broad SMARTS) is 2. The van der Waals surface area contributed by atoms with E-state index in [0.29, 0.717) is 18.1 Å². The van der Waals surface area contributed by atoms with Crippen molar-refractivity contribution in [2.45, 2.75) is 50.9 Å². The third-order valence-corrected chi connectivity index (χ3v) is 5.85. The van der Waals surface area contributed by atoms with Gasteiger partial charge in [-0.2, -0.15) is 26.3 Å². The van der Waals surface area contributed by atoms with E-state index in [4.69, 9.17) is 33.5 Å². The van der Waals surface area contributed by atoms with Crippen molar-refractivity contribution in [3.8, 4) is 0 Å². The van der Waals surface area contributed by atoms with Crippen LogP contribution >= 0.6 is 0 Å². The fraction of sp³-hybridized carbons (Fsp3) is 0.591. The van der Waals surface area contributed by atoms with Crippen LogP contribution in [0.3, 0.4) is 0 Å². The fourth-order valence-electron chi connectivity index (χ4n) is 4.26. The molecule has 0 unspecified atom stereocenters. The van der Waals surface area contributed by atoms with Gasteiger partial charge in [0, 0.05) is 51.3 Å². The van der Waals surface area contributed by atoms with Crippen molar-refractivity contribution >= 4 is 11.9 Å². The monoisotopic (exact) mass is 559 g/mol. The van der Waals surface area contributed by atoms with Gasteiger partial charge in [-0.25, -0.2) is 9.59 Å². The number of carboxylic acids is 2. The number of fused-ring (bicyclic) bond motifs is 1. The van der Waals surface area contributed by atoms with Crippen molar-refractivity contribution in [1.29, 1.82) is 0 Å². The molecule has 2 aromatic rings. The van der Waals surface area contributed by atoms with Gasteiger partial charge in [0.25, 0.3) is 0 Å². The summed E-state index contributed by atoms with van der Waals surface area (Å²) in [6, 6.07) is 6.53. The lowest BCUT2D eigenvalue weighted by atomic mass is 9.89. The number of nitrogens with zero attached hydrogens (tertiary/aromatic N) is 3. The van der Waals surface area contributed by atoms with Crippen molar-refractivity contribution in [3.63, 3.8) is 0 Å². The second-order valence-corrected chi connectivity index (χ2v) is 8.57. The van der Waals surface area contributed by atoms with E-state index in [1.807, 2.05) is 32.2 Å². The van der Waals surface area contributed by atoms with Crippen LogP contribution in [-0.2, 0) is 27.4 Å². The number of piperidine rings is 1. The summed E-state index contributed by atoms with van der Waals surface area (Å²) in [5.41, 5.74) is 1.02. The second kappa shape index (κ2) is 13.1. The molecule has 0 aliphatic carbocycles. The van der Waals surface area contributed by atoms with Gasteiger partial charge in [-0.15, -0.1) is 0 Å². The molecular weight excluding hydrogens is 532 g/mol. The van der Waals surface area contributed by atoms with E-state index < -0.39 is 24.3 Å². The van der Waals surface area contributed by atoms with Crippen molar-refractivity contribution in [2.24, 2.45) is 5.92 Å². The van der Waals surface area contributed by atoms with Crippen LogP contribution in [0.5, 0.6) is 0 Å². The van der Waals surface area contributed by atoms with Crippen molar-refractivity contribution in [1.82, 2.24) is 15.0 Å². The Bertz CT molecular complexity index is 1000. The van der Waals surface area contributed by atoms with Gasteiger partial charge in [0.1, 0.15) is 11.5 Å². The molecule has 4 rings (SSSR count). The highest BCUT2D eigenvalue weighted by Crippen LogP contribution is 2.34. The molecule has 10 nitrogen and oxygen atoms in total. The molecular formula is C22H27F6N3O7. The Kier molecular flexibility index (Phi) is 10.7. The molecule has 0 aromatic carbocycles. The van der Waals surface area contributed by atoms with Gasteiger partial charge in [0.05, 0.1) is 24.6 Å². The first-order valence-corrected chi connectivity index (χ1v) is 11.2. The number of rotatable bonds is 5. The molecule has 2 aromatic heterocycles. The minimum absolute atomic E-state index is 0.340. The number of hydrogen-bond donors (Lipinski definition) is 2. The van der Waals surface area contributed by atoms with E-state index in [2.05, 4.69) is 15.0 Å². The first kappa shape index (κ1) is 31.1. The Morgan fingerprint density at radius 3 is 2.16 bits per heavy atom. The lowest BCUT2D eigenvalue weighted by Gasteiger charge is -2.40. The maximum absolute atomic E-state index is 10.6. The first-order valence-electron chi connectivity index (χ1n) is 11.2. The quantitative estimate of drug-likeness (QED) is 0.525. The van der Waals surface area contributed by atoms with Crippen LogP contribution in [0.15, 0.2) is 33.4 Å². The minimum Gasteiger partial charge on any atom is -0.475 e. The molecule has 2 N–H and O–H groups in total. The second-order valence-electron chi connectivity index (χ2n) is 8.57. The number of likely N-dealkylation sites (tertiary alicyclic amines) is 2. The number of carbonyl (C=O) groups is 2. The Morgan fingerprint density at radius 2 is 1.71 bits per heavy atom. The van der Waals surface area contributed by atoms with E-state index in [0.717, 1.165) is 56.4 Å². The summed E-state index contributed by atoms with van der Waals surface area (Å²) >= 11 is 0. The SMILES string of the molecule is CO[C@@H]1CCN(Cc2cc(C)on2)[C@@H]2CN(Cc3ccco3)C[C@@H]21.O=C(O)C(F)(F)F.O=C(O)C(F)(F)F. The molecule has 2 aliphatic heterocycles. The molecule has 0 saturated carbocycles. The molecule has 214 valence electrons. The average molecular weight is 559 g/mol. The number of alkyl halides is 6. The maximum Gasteiger partial charge on any atom is 0.490 e. The normalized spacial score (nSPS) is 22.1. The van der Waals surface area contributed by atoms with Crippen LogP contribution in [-0.4, -0.2) is 88.4 Å². The Morgan fingerprint density at radius 1 is 1.11 bits per heavy atom. The smallest absolute Gasteiger partial charge is 0.475 e. The molecule has 16 heteroatoms. The van der Waals surface area contributed by atoms with Gasteiger partial charge in [0.2, 0.25) is 0 Å². The lowest BCUT2D eigenvalue weighted by molar-refractivity contribution is -0.193. The average Bonchev–Trinajstić information content (AvgIpc) is 3.55. The largest absolute Gasteiger partial charge is 0.490 e. The van der Waals surface area contributed by atoms with E-state index in [9.17, 15) is 26.3 Å². The van der Waals surface area contributed by atoms with Crippen molar-refractivity contribution in [3.05, 3.63) is 41.7 Å². The molecule has 0 radical (unpaired) electrons. The predicted molar refractivity (Wildman–Crippen MR) is 116 cm³/mol. The number of ether oxygens (including phenoxy) is 1. The summed E-state index contributed by atoms with van der Waals surface area (Å²) < 4.78 is 80.0. The van der Waals surface area contributed by atoms with Crippen molar-refractivity contribution in [2.75, 3.05) is 26.7 Å². The predicted octanol–water partition coefficient (Wildman–Crippen LogP) is 3.56. The van der Waals surface area contributed by atoms with Crippen LogP contribution in [0.2, 0.25) is 0 Å². The van der Waals surface area contributed by atoms with Gasteiger partial charge < -0.3 is 23.9 Å². The highest BCUT2D eigenvalue weighted by atomic mass is 19.4. The van der Waals surface area contributed by atoms with Gasteiger partial charge in [-0.05, 0) is 25.5 Å². The topological polar surface area (TPSA) is 129 Å². The number of aromatic nitrogens is 1. The van der Waals surface area contributed by atoms with Crippen LogP contribution < -0.4 is 0 Å². The summed E-state index contributed by atoms with van der Waals surface area (Å²) in [5.74, 6) is -3.08. The van der Waals surface area contributed by atoms with E-state index in [1.54, 1.807) is 6.26 Å². The van der Waals surface area contributed by atoms with Crippen LogP contribution in [0.1, 0.15) is 23.6 Å². The number of hydrogen-bond acceptors (Lipinski definition) is 8. The molecule has 38 heavy (non-hydrogen) atoms. The van der Waals surface area contributed by atoms with Crippen LogP contribution in [0, 0.1) is 12.8 Å². The zero-order chi connectivity index (χ0) is 28.7. The molecule has 0 spiro atoms. The van der Waals surface area contributed by atoms with E-state index in [-0.39, 0.29) is 0 Å². The van der Waals surface area contributed by atoms with Gasteiger partial charge in [0.15, 0.2) is 0 Å². The first-order chi connectivity index (χ1) is 17.6. The fourth-order valence-corrected chi connectivity index (χ4v) is 4.26. The zero-order valence-corrected chi connectivity index (χ0v) is 20.3. The van der Waals surface area contributed by atoms with Crippen LogP contribution in [0.25, 0.3) is 0 Å². The molecule has 4 heterocycles. The number of methoxy groups -OCH3 is 1. The zero-order valence-electron chi connectivity index (χ0n) is 20.3. The summed E-state index contributed by atoms with van der Waals surface area (Å²) in [6.07, 6.45) is -7.01. The third-order valence-electron chi connectivity index (χ3n) is 5.85. The number of aryl methyl sites for hydroxylation is 1. The Balaban J connectivity index is 0.000000301. The highest BCUT2D eigenvalue weighted by molar-refractivity contribution is 5.73. The van der Waals surface area contributed by atoms with Crippen LogP contribution in [0.4, 0.5) is 26.3 Å². The third kappa shape index (κ3) is 9.33. The Labute approximate surface area is 212 Å². The molecule has 2 fully saturated rings. The van der Waals surface area contributed by atoms with Gasteiger partial charge in [-0.1, -0.05) is 5.16 Å². The number of furan rings is 1. The molecule has 0 bridgehead atoms. The van der Waals surface area contributed by atoms with E-state index >= 15 is 0 Å². The van der Waals surface area contributed by atoms with E-state index in [1.165, 1.54) is 0 Å². The van der Waals surface area contributed by atoms with Crippen molar-refractivity contribution < 1.29 is 59.8 Å². The maximum atomic E-state index is 10.6. The molecule has 2 aliphatic rings. The standard InChI is InChI=1S/C18H25N3O3.2C2HF3O2/c1-13-8-14(19-24-13)9-21-6-5-18(22-2)16-11-20(12-17(16)21)10-15-4-3-7-23-15;2*3-2(4,5)1(6)7/h3-4,7-8,16-18H,5-6,9-12H2,1-2H3;2*(H,6,7)/t16-,17+,18+;;/m0../s1. The minimum atomic E-state index is -5.08. The summed E-state index contributed by atoms with van der Waals surface area (Å²) in [5, 5.41) is 18.4. The van der Waals surface area contributed by atoms with Gasteiger partial charge >= 0.3 is 24.3 Å². The number of halogens is 6. The number of aliphatic carboxylic acids is 2. The summed E-state index contributed by atoms with van der Waals surface area (Å²) in [4.78, 5) is 22.8. The molecule has 0 amide bonds. The van der Waals surface area contributed by atoms with Gasteiger partial charge in [-0.3, -0.25) is 9.80 Å². The molecule has 3 atom stereocenters. The molecule has 2 saturated heterocycles. The Hall–Kier alpha value is -3.11. The summed E-state index contributed by atoms with van der Waals surface area (Å²) in [7, 11) is 1.84. The highest BCUT2D eigenvalue weighted by Gasteiger charge is 2.44. The summed E-state index contributed by atoms with van der Waals surface area (Å²) in [6.45, 7) is 6.80. The lowest BCUT2D eigenvalue weighted by Crippen LogP contribution is -2.50.